The molecule has 1 heterocycles. The lowest BCUT2D eigenvalue weighted by Crippen LogP contribution is -2.18. The Morgan fingerprint density at radius 3 is 2.31 bits per heavy atom. The van der Waals surface area contributed by atoms with Crippen molar-refractivity contribution >= 4 is 29.1 Å². The van der Waals surface area contributed by atoms with Crippen molar-refractivity contribution in [1.82, 2.24) is 9.55 Å². The first-order valence-corrected chi connectivity index (χ1v) is 11.3. The first-order chi connectivity index (χ1) is 13.8. The summed E-state index contributed by atoms with van der Waals surface area (Å²) in [5.41, 5.74) is 3.62. The minimum absolute atomic E-state index is 0.0301. The van der Waals surface area contributed by atoms with Crippen molar-refractivity contribution in [3.8, 4) is 0 Å². The second kappa shape index (κ2) is 9.16. The first kappa shape index (κ1) is 21.6. The Labute approximate surface area is 177 Å². The number of ketones is 1. The quantitative estimate of drug-likeness (QED) is 0.476. The number of carbonyl (C=O) groups excluding carboxylic acids is 2. The summed E-state index contributed by atoms with van der Waals surface area (Å²) in [5, 5.41) is 3.58. The second-order valence-electron chi connectivity index (χ2n) is 8.22. The third kappa shape index (κ3) is 4.92. The summed E-state index contributed by atoms with van der Waals surface area (Å²) in [4.78, 5) is 29.6. The van der Waals surface area contributed by atoms with Gasteiger partial charge in [0.15, 0.2) is 10.9 Å². The van der Waals surface area contributed by atoms with E-state index in [1.165, 1.54) is 31.4 Å². The van der Waals surface area contributed by atoms with Crippen molar-refractivity contribution in [2.45, 2.75) is 76.8 Å². The van der Waals surface area contributed by atoms with Crippen LogP contribution in [-0.4, -0.2) is 26.5 Å². The van der Waals surface area contributed by atoms with Crippen LogP contribution >= 0.6 is 11.8 Å². The summed E-state index contributed by atoms with van der Waals surface area (Å²) < 4.78 is 2.35. The fourth-order valence-electron chi connectivity index (χ4n) is 3.72. The molecule has 156 valence electrons. The van der Waals surface area contributed by atoms with Gasteiger partial charge in [-0.2, -0.15) is 0 Å². The van der Waals surface area contributed by atoms with Crippen LogP contribution in [0.15, 0.2) is 29.4 Å². The van der Waals surface area contributed by atoms with E-state index in [4.69, 9.17) is 4.98 Å². The third-order valence-electron chi connectivity index (χ3n) is 5.66. The van der Waals surface area contributed by atoms with Gasteiger partial charge in [-0.3, -0.25) is 9.59 Å². The average Bonchev–Trinajstić information content (AvgIpc) is 3.30. The van der Waals surface area contributed by atoms with Crippen LogP contribution in [0.4, 0.5) is 5.69 Å². The maximum atomic E-state index is 13.0. The number of Topliss-reactive ketones (excluding diaryl/α,β-unsaturated/α-hetero) is 1. The molecule has 0 radical (unpaired) electrons. The Kier molecular flexibility index (Phi) is 6.83. The van der Waals surface area contributed by atoms with Crippen LogP contribution in [0, 0.1) is 19.8 Å². The Balaban J connectivity index is 1.71. The number of aryl methyl sites for hydroxylation is 1. The number of nitrogens with one attached hydrogen (secondary N) is 1. The molecule has 0 bridgehead atoms. The lowest BCUT2D eigenvalue weighted by Gasteiger charge is -2.18. The molecule has 0 aliphatic heterocycles. The van der Waals surface area contributed by atoms with E-state index in [-0.39, 0.29) is 22.9 Å². The number of rotatable bonds is 7. The standard InChI is InChI=1S/C23H31N3O2S/c1-14(2)22(28)25-19-12-10-18(11-13-19)21(27)17(5)29-23-24-15(3)16(4)26(23)20-8-6-7-9-20/h10-14,17,20H,6-9H2,1-5H3,(H,25,28). The Morgan fingerprint density at radius 1 is 1.10 bits per heavy atom. The van der Waals surface area contributed by atoms with Gasteiger partial charge in [0.1, 0.15) is 0 Å². The molecule has 1 N–H and O–H groups in total. The summed E-state index contributed by atoms with van der Waals surface area (Å²) in [7, 11) is 0. The highest BCUT2D eigenvalue weighted by molar-refractivity contribution is 8.00. The zero-order valence-corrected chi connectivity index (χ0v) is 18.8. The van der Waals surface area contributed by atoms with Crippen molar-refractivity contribution < 1.29 is 9.59 Å². The molecule has 1 amide bonds. The minimum atomic E-state index is -0.229. The molecule has 29 heavy (non-hydrogen) atoms. The number of amides is 1. The molecule has 5 nitrogen and oxygen atoms in total. The highest BCUT2D eigenvalue weighted by Crippen LogP contribution is 2.36. The van der Waals surface area contributed by atoms with Crippen LogP contribution in [-0.2, 0) is 4.79 Å². The summed E-state index contributed by atoms with van der Waals surface area (Å²) in [6.07, 6.45) is 4.91. The largest absolute Gasteiger partial charge is 0.326 e. The molecule has 1 saturated carbocycles. The second-order valence-corrected chi connectivity index (χ2v) is 9.53. The van der Waals surface area contributed by atoms with Crippen molar-refractivity contribution in [3.05, 3.63) is 41.2 Å². The van der Waals surface area contributed by atoms with E-state index in [0.29, 0.717) is 17.3 Å². The monoisotopic (exact) mass is 413 g/mol. The van der Waals surface area contributed by atoms with Crippen LogP contribution in [0.5, 0.6) is 0 Å². The zero-order chi connectivity index (χ0) is 21.1. The molecular weight excluding hydrogens is 382 g/mol. The van der Waals surface area contributed by atoms with Gasteiger partial charge in [0, 0.05) is 28.9 Å². The number of hydrogen-bond acceptors (Lipinski definition) is 4. The fourth-order valence-corrected chi connectivity index (χ4v) is 4.87. The smallest absolute Gasteiger partial charge is 0.226 e. The van der Waals surface area contributed by atoms with E-state index in [1.54, 1.807) is 36.0 Å². The highest BCUT2D eigenvalue weighted by atomic mass is 32.2. The minimum Gasteiger partial charge on any atom is -0.326 e. The molecule has 0 saturated heterocycles. The molecule has 1 aromatic heterocycles. The van der Waals surface area contributed by atoms with Crippen molar-refractivity contribution in [1.29, 1.82) is 0 Å². The van der Waals surface area contributed by atoms with Crippen molar-refractivity contribution in [2.24, 2.45) is 5.92 Å². The van der Waals surface area contributed by atoms with E-state index in [0.717, 1.165) is 10.9 Å². The topological polar surface area (TPSA) is 64.0 Å². The molecule has 1 aromatic carbocycles. The molecule has 3 rings (SSSR count). The van der Waals surface area contributed by atoms with Crippen LogP contribution in [0.25, 0.3) is 0 Å². The number of carbonyl (C=O) groups is 2. The van der Waals surface area contributed by atoms with Crippen molar-refractivity contribution in [2.75, 3.05) is 5.32 Å². The van der Waals surface area contributed by atoms with E-state index in [2.05, 4.69) is 16.8 Å². The summed E-state index contributed by atoms with van der Waals surface area (Å²) in [6, 6.07) is 7.66. The van der Waals surface area contributed by atoms with Gasteiger partial charge in [0.2, 0.25) is 5.91 Å². The van der Waals surface area contributed by atoms with Gasteiger partial charge in [0.25, 0.3) is 0 Å². The number of aromatic nitrogens is 2. The van der Waals surface area contributed by atoms with Gasteiger partial charge >= 0.3 is 0 Å². The SMILES string of the molecule is Cc1nc(SC(C)C(=O)c2ccc(NC(=O)C(C)C)cc2)n(C2CCCC2)c1C. The van der Waals surface area contributed by atoms with Crippen LogP contribution in [0.3, 0.4) is 0 Å². The van der Waals surface area contributed by atoms with Gasteiger partial charge in [-0.15, -0.1) is 0 Å². The highest BCUT2D eigenvalue weighted by Gasteiger charge is 2.26. The number of anilines is 1. The van der Waals surface area contributed by atoms with E-state index in [1.807, 2.05) is 27.7 Å². The van der Waals surface area contributed by atoms with Gasteiger partial charge in [0.05, 0.1) is 10.9 Å². The molecule has 6 heteroatoms. The third-order valence-corrected chi connectivity index (χ3v) is 6.72. The summed E-state index contributed by atoms with van der Waals surface area (Å²) >= 11 is 1.55. The Hall–Kier alpha value is -2.08. The maximum absolute atomic E-state index is 13.0. The maximum Gasteiger partial charge on any atom is 0.226 e. The summed E-state index contributed by atoms with van der Waals surface area (Å²) in [5.74, 6) is -0.0336. The number of imidazole rings is 1. The first-order valence-electron chi connectivity index (χ1n) is 10.4. The molecule has 1 unspecified atom stereocenters. The zero-order valence-electron chi connectivity index (χ0n) is 18.0. The predicted molar refractivity (Wildman–Crippen MR) is 119 cm³/mol. The molecule has 0 spiro atoms. The Morgan fingerprint density at radius 2 is 1.72 bits per heavy atom. The van der Waals surface area contributed by atoms with Crippen LogP contribution in [0.1, 0.15) is 74.2 Å². The molecule has 1 fully saturated rings. The lowest BCUT2D eigenvalue weighted by atomic mass is 10.1. The van der Waals surface area contributed by atoms with Gasteiger partial charge in [-0.1, -0.05) is 38.5 Å². The Bertz CT molecular complexity index is 880. The van der Waals surface area contributed by atoms with Crippen LogP contribution in [0.2, 0.25) is 0 Å². The molecule has 1 aliphatic rings. The number of nitrogens with zero attached hydrogens (tertiary/aromatic N) is 2. The van der Waals surface area contributed by atoms with Gasteiger partial charge in [-0.05, 0) is 57.9 Å². The predicted octanol–water partition coefficient (Wildman–Crippen LogP) is 5.57. The number of thioether (sulfide) groups is 1. The van der Waals surface area contributed by atoms with Crippen molar-refractivity contribution in [3.63, 3.8) is 0 Å². The average molecular weight is 414 g/mol. The molecule has 2 aromatic rings. The van der Waals surface area contributed by atoms with Gasteiger partial charge in [-0.25, -0.2) is 4.98 Å². The lowest BCUT2D eigenvalue weighted by molar-refractivity contribution is -0.118. The van der Waals surface area contributed by atoms with E-state index >= 15 is 0 Å². The molecule has 1 aliphatic carbocycles. The fraction of sp³-hybridized carbons (Fsp3) is 0.522. The normalized spacial score (nSPS) is 15.7. The van der Waals surface area contributed by atoms with E-state index in [9.17, 15) is 9.59 Å². The number of benzene rings is 1. The number of hydrogen-bond donors (Lipinski definition) is 1. The van der Waals surface area contributed by atoms with Crippen LogP contribution < -0.4 is 5.32 Å². The molecular formula is C23H31N3O2S. The molecule has 1 atom stereocenters. The van der Waals surface area contributed by atoms with Gasteiger partial charge < -0.3 is 9.88 Å². The van der Waals surface area contributed by atoms with E-state index < -0.39 is 0 Å². The summed E-state index contributed by atoms with van der Waals surface area (Å²) in [6.45, 7) is 9.82.